The Bertz CT molecular complexity index is 913. The molecule has 0 saturated heterocycles. The average Bonchev–Trinajstić information content (AvgIpc) is 3.14. The number of rotatable bonds is 2. The fourth-order valence-electron chi connectivity index (χ4n) is 2.71. The predicted octanol–water partition coefficient (Wildman–Crippen LogP) is 5.11. The number of anilines is 1. The number of hydrogen-bond donors (Lipinski definition) is 1. The zero-order valence-corrected chi connectivity index (χ0v) is 13.5. The van der Waals surface area contributed by atoms with Crippen LogP contribution in [0.15, 0.2) is 35.7 Å². The summed E-state index contributed by atoms with van der Waals surface area (Å²) in [4.78, 5) is 15.4. The molecule has 0 saturated carbocycles. The molecule has 0 radical (unpaired) electrons. The van der Waals surface area contributed by atoms with Gasteiger partial charge in [-0.25, -0.2) is 8.78 Å². The minimum atomic E-state index is -0.778. The molecule has 6 heteroatoms. The smallest absolute Gasteiger partial charge is 0.265 e. The lowest BCUT2D eigenvalue weighted by Gasteiger charge is -2.10. The van der Waals surface area contributed by atoms with Crippen molar-refractivity contribution in [3.05, 3.63) is 62.7 Å². The van der Waals surface area contributed by atoms with Crippen molar-refractivity contribution in [3.63, 3.8) is 0 Å². The van der Waals surface area contributed by atoms with Gasteiger partial charge in [0.15, 0.2) is 0 Å². The van der Waals surface area contributed by atoms with Crippen LogP contribution in [0.4, 0.5) is 14.5 Å². The molecular weight excluding hydrogens is 336 g/mol. The molecule has 4 rings (SSSR count). The number of carbonyl (C=O) groups is 1. The van der Waals surface area contributed by atoms with Crippen molar-refractivity contribution in [2.24, 2.45) is 0 Å². The molecule has 2 heterocycles. The molecular formula is C17H11F2NOS2. The van der Waals surface area contributed by atoms with Gasteiger partial charge in [0.05, 0.1) is 10.6 Å². The van der Waals surface area contributed by atoms with Crippen LogP contribution in [0, 0.1) is 11.6 Å². The van der Waals surface area contributed by atoms with Gasteiger partial charge in [0.1, 0.15) is 11.6 Å². The third kappa shape index (κ3) is 2.58. The predicted molar refractivity (Wildman–Crippen MR) is 89.4 cm³/mol. The molecule has 0 atom stereocenters. The van der Waals surface area contributed by atoms with Crippen LogP contribution in [0.25, 0.3) is 10.4 Å². The van der Waals surface area contributed by atoms with Crippen LogP contribution in [0.1, 0.15) is 20.1 Å². The largest absolute Gasteiger partial charge is 0.319 e. The molecule has 0 bridgehead atoms. The SMILES string of the molecule is O=C(Nc1ccc(F)cc1F)c1cc2c(s1)-c1ccsc1CC2. The maximum atomic E-state index is 13.7. The number of thiophene rings is 2. The molecule has 1 aliphatic carbocycles. The summed E-state index contributed by atoms with van der Waals surface area (Å²) in [5.41, 5.74) is 2.35. The lowest BCUT2D eigenvalue weighted by atomic mass is 9.98. The molecule has 3 aromatic rings. The second-order valence-electron chi connectivity index (χ2n) is 5.30. The Balaban J connectivity index is 1.63. The van der Waals surface area contributed by atoms with Gasteiger partial charge in [-0.05, 0) is 48.1 Å². The molecule has 0 unspecified atom stereocenters. The van der Waals surface area contributed by atoms with Crippen molar-refractivity contribution in [1.29, 1.82) is 0 Å². The number of benzene rings is 1. The first-order chi connectivity index (χ1) is 11.1. The van der Waals surface area contributed by atoms with Gasteiger partial charge in [-0.15, -0.1) is 22.7 Å². The number of nitrogens with one attached hydrogen (secondary N) is 1. The van der Waals surface area contributed by atoms with Gasteiger partial charge in [0.25, 0.3) is 5.91 Å². The first kappa shape index (κ1) is 14.5. The van der Waals surface area contributed by atoms with Crippen LogP contribution in [-0.2, 0) is 12.8 Å². The number of fused-ring (bicyclic) bond motifs is 3. The lowest BCUT2D eigenvalue weighted by molar-refractivity contribution is 0.103. The number of amides is 1. The van der Waals surface area contributed by atoms with Crippen LogP contribution >= 0.6 is 22.7 Å². The molecule has 1 N–H and O–H groups in total. The lowest BCUT2D eigenvalue weighted by Crippen LogP contribution is -2.11. The van der Waals surface area contributed by atoms with Crippen LogP contribution in [0.3, 0.4) is 0 Å². The van der Waals surface area contributed by atoms with E-state index in [4.69, 9.17) is 0 Å². The van der Waals surface area contributed by atoms with Gasteiger partial charge >= 0.3 is 0 Å². The van der Waals surface area contributed by atoms with Crippen molar-refractivity contribution in [3.8, 4) is 10.4 Å². The van der Waals surface area contributed by atoms with Crippen molar-refractivity contribution in [2.45, 2.75) is 12.8 Å². The molecule has 0 aliphatic heterocycles. The van der Waals surface area contributed by atoms with Crippen LogP contribution < -0.4 is 5.32 Å². The minimum Gasteiger partial charge on any atom is -0.319 e. The van der Waals surface area contributed by atoms with Crippen molar-refractivity contribution in [1.82, 2.24) is 0 Å². The molecule has 0 fully saturated rings. The molecule has 1 amide bonds. The average molecular weight is 347 g/mol. The van der Waals surface area contributed by atoms with E-state index < -0.39 is 11.6 Å². The maximum Gasteiger partial charge on any atom is 0.265 e. The van der Waals surface area contributed by atoms with Gasteiger partial charge in [-0.2, -0.15) is 0 Å². The first-order valence-corrected chi connectivity index (χ1v) is 8.77. The third-order valence-corrected chi connectivity index (χ3v) is 6.01. The number of halogens is 2. The first-order valence-electron chi connectivity index (χ1n) is 7.07. The van der Waals surface area contributed by atoms with E-state index in [2.05, 4.69) is 16.8 Å². The van der Waals surface area contributed by atoms with Crippen molar-refractivity contribution in [2.75, 3.05) is 5.32 Å². The Morgan fingerprint density at radius 1 is 1.13 bits per heavy atom. The molecule has 1 aromatic carbocycles. The van der Waals surface area contributed by atoms with E-state index in [1.54, 1.807) is 11.3 Å². The Labute approximate surface area is 139 Å². The zero-order valence-electron chi connectivity index (χ0n) is 11.9. The molecule has 2 nitrogen and oxygen atoms in total. The second-order valence-corrected chi connectivity index (χ2v) is 7.35. The standard InChI is InChI=1S/C17H11F2NOS2/c18-10-2-3-13(12(19)8-10)20-17(21)15-7-9-1-4-14-11(5-6-22-14)16(9)23-15/h2-3,5-8H,1,4H2,(H,20,21). The highest BCUT2D eigenvalue weighted by Gasteiger charge is 2.22. The molecule has 116 valence electrons. The monoisotopic (exact) mass is 347 g/mol. The molecule has 1 aliphatic rings. The van der Waals surface area contributed by atoms with Gasteiger partial charge < -0.3 is 5.32 Å². The van der Waals surface area contributed by atoms with Crippen molar-refractivity contribution < 1.29 is 13.6 Å². The zero-order chi connectivity index (χ0) is 16.0. The number of carbonyl (C=O) groups excluding carboxylic acids is 1. The van der Waals surface area contributed by atoms with E-state index in [1.165, 1.54) is 27.8 Å². The number of hydrogen-bond acceptors (Lipinski definition) is 3. The maximum absolute atomic E-state index is 13.7. The highest BCUT2D eigenvalue weighted by Crippen LogP contribution is 2.41. The Hall–Kier alpha value is -2.05. The van der Waals surface area contributed by atoms with E-state index in [0.717, 1.165) is 35.4 Å². The summed E-state index contributed by atoms with van der Waals surface area (Å²) in [6.45, 7) is 0. The highest BCUT2D eigenvalue weighted by molar-refractivity contribution is 7.18. The second kappa shape index (κ2) is 5.54. The minimum absolute atomic E-state index is 0.0148. The fraction of sp³-hybridized carbons (Fsp3) is 0.118. The topological polar surface area (TPSA) is 29.1 Å². The summed E-state index contributed by atoms with van der Waals surface area (Å²) >= 11 is 3.15. The highest BCUT2D eigenvalue weighted by atomic mass is 32.1. The van der Waals surface area contributed by atoms with Gasteiger partial charge in [-0.3, -0.25) is 4.79 Å². The van der Waals surface area contributed by atoms with E-state index in [9.17, 15) is 13.6 Å². The third-order valence-electron chi connectivity index (χ3n) is 3.82. The van der Waals surface area contributed by atoms with Crippen LogP contribution in [0.5, 0.6) is 0 Å². The molecule has 2 aromatic heterocycles. The van der Waals surface area contributed by atoms with E-state index in [1.807, 2.05) is 6.07 Å². The van der Waals surface area contributed by atoms with Crippen LogP contribution in [0.2, 0.25) is 0 Å². The van der Waals surface area contributed by atoms with Gasteiger partial charge in [0.2, 0.25) is 0 Å². The summed E-state index contributed by atoms with van der Waals surface area (Å²) in [7, 11) is 0. The van der Waals surface area contributed by atoms with E-state index in [0.29, 0.717) is 4.88 Å². The summed E-state index contributed by atoms with van der Waals surface area (Å²) < 4.78 is 26.6. The normalized spacial score (nSPS) is 12.6. The Morgan fingerprint density at radius 2 is 2.00 bits per heavy atom. The summed E-state index contributed by atoms with van der Waals surface area (Å²) in [5.74, 6) is -1.82. The fourth-order valence-corrected chi connectivity index (χ4v) is 4.82. The molecule has 0 spiro atoms. The quantitative estimate of drug-likeness (QED) is 0.686. The van der Waals surface area contributed by atoms with Crippen molar-refractivity contribution >= 4 is 34.3 Å². The number of aryl methyl sites for hydroxylation is 2. The summed E-state index contributed by atoms with van der Waals surface area (Å²) in [6, 6.07) is 7.06. The van der Waals surface area contributed by atoms with E-state index >= 15 is 0 Å². The molecule has 23 heavy (non-hydrogen) atoms. The Morgan fingerprint density at radius 3 is 2.83 bits per heavy atom. The summed E-state index contributed by atoms with van der Waals surface area (Å²) in [6.07, 6.45) is 1.90. The van der Waals surface area contributed by atoms with Gasteiger partial charge in [0, 0.05) is 21.4 Å². The Kier molecular flexibility index (Phi) is 3.50. The van der Waals surface area contributed by atoms with Crippen LogP contribution in [-0.4, -0.2) is 5.91 Å². The van der Waals surface area contributed by atoms with E-state index in [-0.39, 0.29) is 11.6 Å². The van der Waals surface area contributed by atoms with Gasteiger partial charge in [-0.1, -0.05) is 0 Å². The summed E-state index contributed by atoms with van der Waals surface area (Å²) in [5, 5.41) is 4.58.